The Bertz CT molecular complexity index is 498. The zero-order chi connectivity index (χ0) is 11.4. The second-order valence-corrected chi connectivity index (χ2v) is 3.10. The number of aryl methyl sites for hydroxylation is 1. The molecule has 0 aliphatic rings. The van der Waals surface area contributed by atoms with Crippen LogP contribution in [0, 0.1) is 0 Å². The smallest absolute Gasteiger partial charge is 0.250 e. The molecule has 82 valence electrons. The Hall–Kier alpha value is -2.44. The van der Waals surface area contributed by atoms with Crippen LogP contribution in [-0.2, 0) is 11.8 Å². The number of H-pyrrole nitrogens is 1. The van der Waals surface area contributed by atoms with Crippen molar-refractivity contribution in [3.8, 4) is 0 Å². The Kier molecular flexibility index (Phi) is 2.77. The molecule has 2 N–H and O–H groups in total. The molecule has 0 saturated carbocycles. The number of carbonyl (C=O) groups is 1. The highest BCUT2D eigenvalue weighted by atomic mass is 16.1. The lowest BCUT2D eigenvalue weighted by molar-refractivity contribution is -0.111. The minimum atomic E-state index is -0.277. The predicted octanol–water partition coefficient (Wildman–Crippen LogP) is 0.190. The number of aromatic amines is 1. The summed E-state index contributed by atoms with van der Waals surface area (Å²) in [7, 11) is 1.81. The SMILES string of the molecule is Cn1cc(C=CC(=O)Nc2ncn[nH]2)cn1. The van der Waals surface area contributed by atoms with Gasteiger partial charge in [-0.2, -0.15) is 15.2 Å². The van der Waals surface area contributed by atoms with E-state index in [4.69, 9.17) is 0 Å². The van der Waals surface area contributed by atoms with Crippen molar-refractivity contribution in [2.45, 2.75) is 0 Å². The molecular weight excluding hydrogens is 208 g/mol. The van der Waals surface area contributed by atoms with Gasteiger partial charge >= 0.3 is 0 Å². The molecule has 16 heavy (non-hydrogen) atoms. The molecule has 2 heterocycles. The topological polar surface area (TPSA) is 88.5 Å². The molecule has 0 radical (unpaired) electrons. The third kappa shape index (κ3) is 2.53. The molecule has 0 spiro atoms. The summed E-state index contributed by atoms with van der Waals surface area (Å²) in [6.45, 7) is 0. The molecule has 0 unspecified atom stereocenters. The van der Waals surface area contributed by atoms with Crippen LogP contribution in [0.4, 0.5) is 5.95 Å². The summed E-state index contributed by atoms with van der Waals surface area (Å²) >= 11 is 0. The van der Waals surface area contributed by atoms with Gasteiger partial charge in [0.05, 0.1) is 6.20 Å². The van der Waals surface area contributed by atoms with Gasteiger partial charge in [0.15, 0.2) is 0 Å². The first-order chi connectivity index (χ1) is 7.74. The molecule has 0 atom stereocenters. The van der Waals surface area contributed by atoms with Crippen molar-refractivity contribution in [3.05, 3.63) is 30.4 Å². The Morgan fingerprint density at radius 1 is 1.62 bits per heavy atom. The molecule has 0 aliphatic heterocycles. The van der Waals surface area contributed by atoms with E-state index < -0.39 is 0 Å². The number of hydrogen-bond donors (Lipinski definition) is 2. The number of amides is 1. The Labute approximate surface area is 91.2 Å². The largest absolute Gasteiger partial charge is 0.291 e. The number of nitrogens with zero attached hydrogens (tertiary/aromatic N) is 4. The van der Waals surface area contributed by atoms with Crippen LogP contribution in [0.25, 0.3) is 6.08 Å². The van der Waals surface area contributed by atoms with E-state index in [0.717, 1.165) is 5.56 Å². The lowest BCUT2D eigenvalue weighted by Crippen LogP contribution is -2.08. The molecule has 0 fully saturated rings. The van der Waals surface area contributed by atoms with Crippen LogP contribution in [0.15, 0.2) is 24.8 Å². The predicted molar refractivity (Wildman–Crippen MR) is 57.3 cm³/mol. The van der Waals surface area contributed by atoms with Gasteiger partial charge in [0.1, 0.15) is 6.33 Å². The van der Waals surface area contributed by atoms with Gasteiger partial charge in [-0.15, -0.1) is 0 Å². The molecule has 2 aromatic heterocycles. The Morgan fingerprint density at radius 3 is 3.12 bits per heavy atom. The second kappa shape index (κ2) is 4.39. The van der Waals surface area contributed by atoms with Gasteiger partial charge in [-0.1, -0.05) is 0 Å². The maximum atomic E-state index is 11.4. The average molecular weight is 218 g/mol. The zero-order valence-electron chi connectivity index (χ0n) is 8.58. The van der Waals surface area contributed by atoms with Crippen LogP contribution >= 0.6 is 0 Å². The highest BCUT2D eigenvalue weighted by Gasteiger charge is 1.99. The molecular formula is C9H10N6O. The van der Waals surface area contributed by atoms with Gasteiger partial charge in [-0.3, -0.25) is 14.8 Å². The maximum Gasteiger partial charge on any atom is 0.250 e. The van der Waals surface area contributed by atoms with Crippen LogP contribution in [0.1, 0.15) is 5.56 Å². The number of nitrogens with one attached hydrogen (secondary N) is 2. The van der Waals surface area contributed by atoms with Gasteiger partial charge in [-0.05, 0) is 6.08 Å². The first kappa shape index (κ1) is 10.1. The monoisotopic (exact) mass is 218 g/mol. The third-order valence-corrected chi connectivity index (χ3v) is 1.81. The van der Waals surface area contributed by atoms with Crippen molar-refractivity contribution >= 4 is 17.9 Å². The molecule has 0 bridgehead atoms. The molecule has 2 rings (SSSR count). The van der Waals surface area contributed by atoms with Crippen LogP contribution in [0.5, 0.6) is 0 Å². The van der Waals surface area contributed by atoms with Crippen molar-refractivity contribution in [1.82, 2.24) is 25.0 Å². The highest BCUT2D eigenvalue weighted by Crippen LogP contribution is 2.00. The van der Waals surface area contributed by atoms with Crippen molar-refractivity contribution < 1.29 is 4.79 Å². The Balaban J connectivity index is 1.94. The fourth-order valence-electron chi connectivity index (χ4n) is 1.12. The van der Waals surface area contributed by atoms with E-state index in [2.05, 4.69) is 25.6 Å². The standard InChI is InChI=1S/C9H10N6O/c1-15-5-7(4-12-15)2-3-8(16)13-9-10-6-11-14-9/h2-6H,1H3,(H2,10,11,13,14,16). The van der Waals surface area contributed by atoms with Crippen LogP contribution in [0.2, 0.25) is 0 Å². The van der Waals surface area contributed by atoms with Gasteiger partial charge < -0.3 is 0 Å². The molecule has 2 aromatic rings. The van der Waals surface area contributed by atoms with Crippen molar-refractivity contribution in [1.29, 1.82) is 0 Å². The maximum absolute atomic E-state index is 11.4. The van der Waals surface area contributed by atoms with E-state index in [1.54, 1.807) is 23.2 Å². The van der Waals surface area contributed by atoms with Gasteiger partial charge in [-0.25, -0.2) is 5.10 Å². The van der Waals surface area contributed by atoms with E-state index in [1.165, 1.54) is 12.4 Å². The normalized spacial score (nSPS) is 10.8. The van der Waals surface area contributed by atoms with E-state index in [0.29, 0.717) is 5.95 Å². The highest BCUT2D eigenvalue weighted by molar-refractivity contribution is 6.00. The number of anilines is 1. The van der Waals surface area contributed by atoms with Crippen LogP contribution in [0.3, 0.4) is 0 Å². The van der Waals surface area contributed by atoms with Crippen molar-refractivity contribution in [2.75, 3.05) is 5.32 Å². The van der Waals surface area contributed by atoms with Crippen LogP contribution < -0.4 is 5.32 Å². The van der Waals surface area contributed by atoms with E-state index >= 15 is 0 Å². The lowest BCUT2D eigenvalue weighted by atomic mass is 10.3. The van der Waals surface area contributed by atoms with Crippen molar-refractivity contribution in [3.63, 3.8) is 0 Å². The minimum absolute atomic E-state index is 0.277. The third-order valence-electron chi connectivity index (χ3n) is 1.81. The van der Waals surface area contributed by atoms with Crippen LogP contribution in [-0.4, -0.2) is 30.9 Å². The summed E-state index contributed by atoms with van der Waals surface area (Å²) in [5.41, 5.74) is 0.857. The van der Waals surface area contributed by atoms with E-state index in [9.17, 15) is 4.79 Å². The number of rotatable bonds is 3. The molecule has 7 heteroatoms. The lowest BCUT2D eigenvalue weighted by Gasteiger charge is -1.93. The summed E-state index contributed by atoms with van der Waals surface area (Å²) in [5.74, 6) is 0.0430. The fourth-order valence-corrected chi connectivity index (χ4v) is 1.12. The molecule has 1 amide bonds. The fraction of sp³-hybridized carbons (Fsp3) is 0.111. The first-order valence-corrected chi connectivity index (χ1v) is 4.57. The Morgan fingerprint density at radius 2 is 2.50 bits per heavy atom. The summed E-state index contributed by atoms with van der Waals surface area (Å²) in [5, 5.41) is 12.6. The van der Waals surface area contributed by atoms with Gasteiger partial charge in [0.25, 0.3) is 5.91 Å². The molecule has 0 saturated heterocycles. The van der Waals surface area contributed by atoms with Gasteiger partial charge in [0, 0.05) is 24.9 Å². The summed E-state index contributed by atoms with van der Waals surface area (Å²) < 4.78 is 1.66. The summed E-state index contributed by atoms with van der Waals surface area (Å²) in [6.07, 6.45) is 7.86. The van der Waals surface area contributed by atoms with E-state index in [1.807, 2.05) is 7.05 Å². The zero-order valence-corrected chi connectivity index (χ0v) is 8.58. The summed E-state index contributed by atoms with van der Waals surface area (Å²) in [4.78, 5) is 15.1. The number of aromatic nitrogens is 5. The quantitative estimate of drug-likeness (QED) is 0.720. The number of hydrogen-bond acceptors (Lipinski definition) is 4. The van der Waals surface area contributed by atoms with Gasteiger partial charge in [0.2, 0.25) is 5.95 Å². The number of carbonyl (C=O) groups excluding carboxylic acids is 1. The second-order valence-electron chi connectivity index (χ2n) is 3.10. The van der Waals surface area contributed by atoms with Crippen molar-refractivity contribution in [2.24, 2.45) is 7.05 Å². The van der Waals surface area contributed by atoms with E-state index in [-0.39, 0.29) is 5.91 Å². The molecule has 0 aliphatic carbocycles. The molecule has 0 aromatic carbocycles. The average Bonchev–Trinajstić information content (AvgIpc) is 2.87. The molecule has 7 nitrogen and oxygen atoms in total. The summed E-state index contributed by atoms with van der Waals surface area (Å²) in [6, 6.07) is 0. The minimum Gasteiger partial charge on any atom is -0.291 e. The first-order valence-electron chi connectivity index (χ1n) is 4.57.